The van der Waals surface area contributed by atoms with Crippen LogP contribution in [-0.4, -0.2) is 31.3 Å². The molecule has 0 saturated heterocycles. The second-order valence-electron chi connectivity index (χ2n) is 3.92. The largest absolute Gasteiger partial charge is 0.496 e. The van der Waals surface area contributed by atoms with Gasteiger partial charge >= 0.3 is 0 Å². The summed E-state index contributed by atoms with van der Waals surface area (Å²) >= 11 is 0. The van der Waals surface area contributed by atoms with Crippen LogP contribution in [0.4, 0.5) is 0 Å². The van der Waals surface area contributed by atoms with Crippen molar-refractivity contribution in [2.75, 3.05) is 20.3 Å². The molecule has 0 heterocycles. The van der Waals surface area contributed by atoms with Gasteiger partial charge in [-0.25, -0.2) is 0 Å². The molecule has 2 N–H and O–H groups in total. The third-order valence-corrected chi connectivity index (χ3v) is 2.60. The highest BCUT2D eigenvalue weighted by atomic mass is 16.5. The van der Waals surface area contributed by atoms with Crippen LogP contribution in [-0.2, 0) is 4.79 Å². The van der Waals surface area contributed by atoms with E-state index in [-0.39, 0.29) is 18.4 Å². The third kappa shape index (κ3) is 4.07. The van der Waals surface area contributed by atoms with Crippen LogP contribution in [0.25, 0.3) is 0 Å². The molecule has 0 aliphatic carbocycles. The number of rotatable bonds is 6. The molecule has 1 amide bonds. The normalized spacial score (nSPS) is 11.9. The Hall–Kier alpha value is -1.55. The predicted molar refractivity (Wildman–Crippen MR) is 66.1 cm³/mol. The van der Waals surface area contributed by atoms with Gasteiger partial charge in [-0.05, 0) is 17.5 Å². The molecule has 4 nitrogen and oxygen atoms in total. The Morgan fingerprint density at radius 1 is 1.47 bits per heavy atom. The number of carbonyl (C=O) groups is 1. The van der Waals surface area contributed by atoms with E-state index in [1.165, 1.54) is 0 Å². The molecule has 4 heteroatoms. The quantitative estimate of drug-likeness (QED) is 0.784. The van der Waals surface area contributed by atoms with Crippen LogP contribution in [0.1, 0.15) is 24.8 Å². The van der Waals surface area contributed by atoms with Gasteiger partial charge in [-0.3, -0.25) is 4.79 Å². The number of amides is 1. The zero-order chi connectivity index (χ0) is 12.7. The molecule has 0 bridgehead atoms. The number of carbonyl (C=O) groups excluding carboxylic acids is 1. The van der Waals surface area contributed by atoms with Crippen molar-refractivity contribution in [2.24, 2.45) is 0 Å². The van der Waals surface area contributed by atoms with Crippen molar-refractivity contribution >= 4 is 5.91 Å². The van der Waals surface area contributed by atoms with E-state index in [2.05, 4.69) is 5.32 Å². The topological polar surface area (TPSA) is 58.6 Å². The van der Waals surface area contributed by atoms with Crippen LogP contribution >= 0.6 is 0 Å². The van der Waals surface area contributed by atoms with Crippen molar-refractivity contribution in [3.05, 3.63) is 29.8 Å². The van der Waals surface area contributed by atoms with Gasteiger partial charge in [0.2, 0.25) is 5.91 Å². The maximum absolute atomic E-state index is 11.5. The van der Waals surface area contributed by atoms with Gasteiger partial charge < -0.3 is 15.2 Å². The Kier molecular flexibility index (Phi) is 5.49. The standard InChI is InChI=1S/C13H19NO3/c1-10(9-13(16)14-7-8-15)11-5-3-4-6-12(11)17-2/h3-6,10,15H,7-9H2,1-2H3,(H,14,16). The van der Waals surface area contributed by atoms with E-state index in [0.29, 0.717) is 13.0 Å². The van der Waals surface area contributed by atoms with E-state index in [9.17, 15) is 4.79 Å². The molecule has 1 aromatic rings. The van der Waals surface area contributed by atoms with Gasteiger partial charge in [0.15, 0.2) is 0 Å². The number of benzene rings is 1. The molecule has 1 aromatic carbocycles. The van der Waals surface area contributed by atoms with Crippen molar-refractivity contribution in [1.29, 1.82) is 0 Å². The first-order valence-corrected chi connectivity index (χ1v) is 5.69. The molecule has 0 aromatic heterocycles. The fraction of sp³-hybridized carbons (Fsp3) is 0.462. The van der Waals surface area contributed by atoms with E-state index in [4.69, 9.17) is 9.84 Å². The number of nitrogens with one attached hydrogen (secondary N) is 1. The van der Waals surface area contributed by atoms with Crippen LogP contribution < -0.4 is 10.1 Å². The first-order chi connectivity index (χ1) is 8.19. The molecule has 0 aliphatic heterocycles. The fourth-order valence-corrected chi connectivity index (χ4v) is 1.73. The number of methoxy groups -OCH3 is 1. The van der Waals surface area contributed by atoms with E-state index in [0.717, 1.165) is 11.3 Å². The van der Waals surface area contributed by atoms with Crippen molar-refractivity contribution in [3.8, 4) is 5.75 Å². The second-order valence-corrected chi connectivity index (χ2v) is 3.92. The summed E-state index contributed by atoms with van der Waals surface area (Å²) in [5, 5.41) is 11.3. The lowest BCUT2D eigenvalue weighted by Crippen LogP contribution is -2.27. The van der Waals surface area contributed by atoms with Gasteiger partial charge in [0.1, 0.15) is 5.75 Å². The van der Waals surface area contributed by atoms with Gasteiger partial charge in [0.25, 0.3) is 0 Å². The maximum atomic E-state index is 11.5. The molecule has 0 aliphatic rings. The summed E-state index contributed by atoms with van der Waals surface area (Å²) in [6, 6.07) is 7.68. The van der Waals surface area contributed by atoms with E-state index in [1.807, 2.05) is 31.2 Å². The summed E-state index contributed by atoms with van der Waals surface area (Å²) in [5.74, 6) is 0.831. The van der Waals surface area contributed by atoms with Crippen molar-refractivity contribution < 1.29 is 14.6 Å². The third-order valence-electron chi connectivity index (χ3n) is 2.60. The van der Waals surface area contributed by atoms with E-state index >= 15 is 0 Å². The molecule has 17 heavy (non-hydrogen) atoms. The Bertz CT molecular complexity index is 365. The monoisotopic (exact) mass is 237 g/mol. The molecule has 1 atom stereocenters. The van der Waals surface area contributed by atoms with Crippen molar-refractivity contribution in [2.45, 2.75) is 19.3 Å². The first kappa shape index (κ1) is 13.5. The van der Waals surface area contributed by atoms with Gasteiger partial charge in [-0.2, -0.15) is 0 Å². The van der Waals surface area contributed by atoms with Gasteiger partial charge in [-0.15, -0.1) is 0 Å². The predicted octanol–water partition coefficient (Wildman–Crippen LogP) is 1.30. The number of hydrogen-bond donors (Lipinski definition) is 2. The summed E-state index contributed by atoms with van der Waals surface area (Å²) in [4.78, 5) is 11.5. The Morgan fingerprint density at radius 2 is 2.18 bits per heavy atom. The minimum absolute atomic E-state index is 0.0330. The molecular formula is C13H19NO3. The average molecular weight is 237 g/mol. The van der Waals surface area contributed by atoms with Crippen LogP contribution in [0.3, 0.4) is 0 Å². The molecule has 0 radical (unpaired) electrons. The summed E-state index contributed by atoms with van der Waals surface area (Å²) in [6.45, 7) is 2.25. The number of para-hydroxylation sites is 1. The van der Waals surface area contributed by atoms with Crippen molar-refractivity contribution in [1.82, 2.24) is 5.32 Å². The van der Waals surface area contributed by atoms with Crippen LogP contribution in [0.15, 0.2) is 24.3 Å². The van der Waals surface area contributed by atoms with E-state index < -0.39 is 0 Å². The van der Waals surface area contributed by atoms with Crippen molar-refractivity contribution in [3.63, 3.8) is 0 Å². The molecular weight excluding hydrogens is 218 g/mol. The number of ether oxygens (including phenoxy) is 1. The number of aliphatic hydroxyl groups excluding tert-OH is 1. The number of aliphatic hydroxyl groups is 1. The summed E-state index contributed by atoms with van der Waals surface area (Å²) < 4.78 is 5.26. The Labute approximate surface area is 102 Å². The second kappa shape index (κ2) is 6.91. The van der Waals surface area contributed by atoms with Crippen LogP contribution in [0, 0.1) is 0 Å². The highest BCUT2D eigenvalue weighted by Gasteiger charge is 2.14. The number of hydrogen-bond acceptors (Lipinski definition) is 3. The van der Waals surface area contributed by atoms with Crippen LogP contribution in [0.2, 0.25) is 0 Å². The zero-order valence-corrected chi connectivity index (χ0v) is 10.3. The molecule has 0 fully saturated rings. The lowest BCUT2D eigenvalue weighted by Gasteiger charge is -2.15. The molecule has 94 valence electrons. The molecule has 1 unspecified atom stereocenters. The Morgan fingerprint density at radius 3 is 2.82 bits per heavy atom. The summed E-state index contributed by atoms with van der Waals surface area (Å²) in [6.07, 6.45) is 0.389. The first-order valence-electron chi connectivity index (χ1n) is 5.69. The highest BCUT2D eigenvalue weighted by molar-refractivity contribution is 5.76. The summed E-state index contributed by atoms with van der Waals surface area (Å²) in [5.41, 5.74) is 1.02. The minimum atomic E-state index is -0.0579. The molecule has 1 rings (SSSR count). The van der Waals surface area contributed by atoms with Gasteiger partial charge in [-0.1, -0.05) is 25.1 Å². The maximum Gasteiger partial charge on any atom is 0.220 e. The smallest absolute Gasteiger partial charge is 0.220 e. The highest BCUT2D eigenvalue weighted by Crippen LogP contribution is 2.28. The summed E-state index contributed by atoms with van der Waals surface area (Å²) in [7, 11) is 1.62. The lowest BCUT2D eigenvalue weighted by molar-refractivity contribution is -0.121. The lowest BCUT2D eigenvalue weighted by atomic mass is 9.96. The molecule has 0 saturated carbocycles. The van der Waals surface area contributed by atoms with Crippen LogP contribution in [0.5, 0.6) is 5.75 Å². The van der Waals surface area contributed by atoms with Gasteiger partial charge in [0.05, 0.1) is 13.7 Å². The fourth-order valence-electron chi connectivity index (χ4n) is 1.73. The van der Waals surface area contributed by atoms with E-state index in [1.54, 1.807) is 7.11 Å². The Balaban J connectivity index is 2.62. The minimum Gasteiger partial charge on any atom is -0.496 e. The van der Waals surface area contributed by atoms with Gasteiger partial charge in [0, 0.05) is 13.0 Å². The SMILES string of the molecule is COc1ccccc1C(C)CC(=O)NCCO. The zero-order valence-electron chi connectivity index (χ0n) is 10.3. The molecule has 0 spiro atoms. The average Bonchev–Trinajstić information content (AvgIpc) is 2.36.